The number of aliphatic carboxylic acids is 1. The zero-order valence-electron chi connectivity index (χ0n) is 19.6. The number of carboxylic acids is 1. The number of hydrogen-bond acceptors (Lipinski definition) is 3. The number of methoxy groups -OCH3 is 1. The van der Waals surface area contributed by atoms with E-state index in [1.54, 1.807) is 7.11 Å². The number of benzene rings is 2. The second kappa shape index (κ2) is 9.22. The molecule has 2 heterocycles. The minimum Gasteiger partial charge on any atom is -0.481 e. The van der Waals surface area contributed by atoms with Crippen molar-refractivity contribution in [2.24, 2.45) is 5.92 Å². The molecule has 6 nitrogen and oxygen atoms in total. The first-order valence-corrected chi connectivity index (χ1v) is 12.0. The first-order chi connectivity index (χ1) is 16.5. The molecule has 1 aliphatic rings. The molecule has 0 saturated heterocycles. The van der Waals surface area contributed by atoms with E-state index in [0.717, 1.165) is 46.8 Å². The third-order valence-corrected chi connectivity index (χ3v) is 7.40. The van der Waals surface area contributed by atoms with Crippen molar-refractivity contribution < 1.29 is 19.0 Å². The predicted octanol–water partition coefficient (Wildman–Crippen LogP) is 6.14. The highest BCUT2D eigenvalue weighted by atomic mass is 19.1. The number of H-pyrrole nitrogens is 1. The number of rotatable bonds is 7. The average molecular weight is 464 g/mol. The molecule has 2 aromatic heterocycles. The van der Waals surface area contributed by atoms with E-state index in [1.165, 1.54) is 23.4 Å². The van der Waals surface area contributed by atoms with Crippen molar-refractivity contribution in [3.63, 3.8) is 0 Å². The summed E-state index contributed by atoms with van der Waals surface area (Å²) in [6, 6.07) is 11.0. The molecule has 4 aromatic rings. The molecule has 1 saturated carbocycles. The minimum absolute atomic E-state index is 0.195. The number of carboxylic acid groups (broad SMARTS) is 1. The highest BCUT2D eigenvalue weighted by Crippen LogP contribution is 2.46. The van der Waals surface area contributed by atoms with Gasteiger partial charge in [0.25, 0.3) is 0 Å². The van der Waals surface area contributed by atoms with Crippen LogP contribution in [0.3, 0.4) is 0 Å². The maximum atomic E-state index is 13.8. The second-order valence-corrected chi connectivity index (χ2v) is 9.51. The van der Waals surface area contributed by atoms with Crippen LogP contribution in [-0.2, 0) is 9.53 Å². The van der Waals surface area contributed by atoms with Crippen LogP contribution in [0.4, 0.5) is 4.39 Å². The summed E-state index contributed by atoms with van der Waals surface area (Å²) in [6.45, 7) is 2.86. The minimum atomic E-state index is -0.694. The first kappa shape index (κ1) is 22.6. The zero-order valence-corrected chi connectivity index (χ0v) is 19.6. The third kappa shape index (κ3) is 3.98. The van der Waals surface area contributed by atoms with E-state index in [-0.39, 0.29) is 23.6 Å². The lowest BCUT2D eigenvalue weighted by Crippen LogP contribution is -2.21. The lowest BCUT2D eigenvalue weighted by atomic mass is 9.76. The van der Waals surface area contributed by atoms with Crippen LogP contribution in [0.15, 0.2) is 42.6 Å². The molecular formula is C27H30FN3O3. The van der Waals surface area contributed by atoms with Crippen molar-refractivity contribution in [1.82, 2.24) is 14.8 Å². The van der Waals surface area contributed by atoms with Crippen molar-refractivity contribution >= 4 is 27.8 Å². The summed E-state index contributed by atoms with van der Waals surface area (Å²) in [5.74, 6) is -0.768. The molecule has 0 aliphatic heterocycles. The summed E-state index contributed by atoms with van der Waals surface area (Å²) < 4.78 is 21.5. The van der Waals surface area contributed by atoms with Crippen LogP contribution in [0.2, 0.25) is 0 Å². The summed E-state index contributed by atoms with van der Waals surface area (Å²) in [5.41, 5.74) is 5.44. The lowest BCUT2D eigenvalue weighted by Gasteiger charge is -2.28. The van der Waals surface area contributed by atoms with E-state index in [1.807, 2.05) is 18.3 Å². The number of nitrogens with zero attached hydrogens (tertiary/aromatic N) is 2. The molecular weight excluding hydrogens is 433 g/mol. The predicted molar refractivity (Wildman–Crippen MR) is 130 cm³/mol. The number of aromatic amines is 1. The topological polar surface area (TPSA) is 80.1 Å². The van der Waals surface area contributed by atoms with Gasteiger partial charge in [-0.25, -0.2) is 4.39 Å². The van der Waals surface area contributed by atoms with E-state index in [4.69, 9.17) is 4.74 Å². The summed E-state index contributed by atoms with van der Waals surface area (Å²) in [5, 5.41) is 19.0. The molecule has 5 rings (SSSR count). The fraction of sp³-hybridized carbons (Fsp3) is 0.407. The molecule has 1 atom stereocenters. The maximum absolute atomic E-state index is 13.8. The molecule has 2 N–H and O–H groups in total. The van der Waals surface area contributed by atoms with Crippen LogP contribution in [0, 0.1) is 11.7 Å². The number of halogens is 1. The first-order valence-electron chi connectivity index (χ1n) is 12.0. The molecule has 178 valence electrons. The van der Waals surface area contributed by atoms with E-state index in [2.05, 4.69) is 33.8 Å². The Hall–Kier alpha value is -3.19. The third-order valence-electron chi connectivity index (χ3n) is 7.40. The molecule has 0 spiro atoms. The van der Waals surface area contributed by atoms with E-state index < -0.39 is 5.97 Å². The van der Waals surface area contributed by atoms with Crippen molar-refractivity contribution in [3.8, 4) is 5.69 Å². The Kier molecular flexibility index (Phi) is 6.13. The summed E-state index contributed by atoms with van der Waals surface area (Å²) in [6.07, 6.45) is 5.71. The van der Waals surface area contributed by atoms with Gasteiger partial charge < -0.3 is 14.4 Å². The number of hydrogen-bond donors (Lipinski definition) is 2. The van der Waals surface area contributed by atoms with Crippen LogP contribution in [0.25, 0.3) is 27.5 Å². The molecule has 0 amide bonds. The average Bonchev–Trinajstić information content (AvgIpc) is 3.43. The highest BCUT2D eigenvalue weighted by Gasteiger charge is 2.33. The molecule has 7 heteroatoms. The number of ether oxygens (including phenoxy) is 1. The van der Waals surface area contributed by atoms with Gasteiger partial charge in [-0.1, -0.05) is 6.92 Å². The van der Waals surface area contributed by atoms with Gasteiger partial charge in [0.05, 0.1) is 23.1 Å². The highest BCUT2D eigenvalue weighted by molar-refractivity contribution is 5.99. The lowest BCUT2D eigenvalue weighted by molar-refractivity contribution is -0.142. The van der Waals surface area contributed by atoms with Gasteiger partial charge >= 0.3 is 5.97 Å². The van der Waals surface area contributed by atoms with Crippen LogP contribution in [0.1, 0.15) is 62.1 Å². The summed E-state index contributed by atoms with van der Waals surface area (Å²) in [4.78, 5) is 11.6. The van der Waals surface area contributed by atoms with Crippen molar-refractivity contribution in [2.45, 2.75) is 50.9 Å². The monoisotopic (exact) mass is 463 g/mol. The molecule has 34 heavy (non-hydrogen) atoms. The van der Waals surface area contributed by atoms with Gasteiger partial charge in [-0.05, 0) is 85.9 Å². The number of aromatic nitrogens is 3. The Morgan fingerprint density at radius 3 is 2.65 bits per heavy atom. The Bertz CT molecular complexity index is 1320. The Balaban J connectivity index is 1.75. The van der Waals surface area contributed by atoms with Gasteiger partial charge in [-0.3, -0.25) is 9.89 Å². The normalized spacial score (nSPS) is 19.6. The second-order valence-electron chi connectivity index (χ2n) is 9.51. The molecule has 1 aliphatic carbocycles. The maximum Gasteiger partial charge on any atom is 0.306 e. The van der Waals surface area contributed by atoms with E-state index in [9.17, 15) is 14.3 Å². The standard InChI is InChI=1S/C27H30FN3O3/c1-16(11-12-34-2)26-25(17-3-5-18(6-4-17)27(32)33)22-14-23-19(15-29-30-23)13-24(22)31(26)21-9-7-20(28)8-10-21/h7-10,13-18H,3-6,11-12H2,1-2H3,(H,29,30)(H,32,33). The van der Waals surface area contributed by atoms with Gasteiger partial charge in [0, 0.05) is 35.9 Å². The molecule has 0 bridgehead atoms. The summed E-state index contributed by atoms with van der Waals surface area (Å²) in [7, 11) is 1.71. The van der Waals surface area contributed by atoms with E-state index >= 15 is 0 Å². The van der Waals surface area contributed by atoms with Crippen LogP contribution in [0.5, 0.6) is 0 Å². The van der Waals surface area contributed by atoms with Crippen LogP contribution < -0.4 is 0 Å². The number of carbonyl (C=O) groups is 1. The molecule has 0 radical (unpaired) electrons. The smallest absolute Gasteiger partial charge is 0.306 e. The zero-order chi connectivity index (χ0) is 23.8. The summed E-state index contributed by atoms with van der Waals surface area (Å²) >= 11 is 0. The van der Waals surface area contributed by atoms with E-state index in [0.29, 0.717) is 19.4 Å². The quantitative estimate of drug-likeness (QED) is 0.345. The van der Waals surface area contributed by atoms with Crippen molar-refractivity contribution in [2.75, 3.05) is 13.7 Å². The fourth-order valence-corrected chi connectivity index (χ4v) is 5.61. The largest absolute Gasteiger partial charge is 0.481 e. The Morgan fingerprint density at radius 1 is 1.24 bits per heavy atom. The van der Waals surface area contributed by atoms with Gasteiger partial charge in [-0.2, -0.15) is 5.10 Å². The number of nitrogens with one attached hydrogen (secondary N) is 1. The van der Waals surface area contributed by atoms with Gasteiger partial charge in [0.2, 0.25) is 0 Å². The van der Waals surface area contributed by atoms with Gasteiger partial charge in [0.1, 0.15) is 5.82 Å². The molecule has 1 unspecified atom stereocenters. The van der Waals surface area contributed by atoms with Crippen molar-refractivity contribution in [3.05, 3.63) is 59.7 Å². The Morgan fingerprint density at radius 2 is 1.97 bits per heavy atom. The SMILES string of the molecule is COCCC(C)c1c(C2CCC(C(=O)O)CC2)c2cc3[nH]ncc3cc2n1-c1ccc(F)cc1. The fourth-order valence-electron chi connectivity index (χ4n) is 5.61. The number of fused-ring (bicyclic) bond motifs is 2. The van der Waals surface area contributed by atoms with Crippen molar-refractivity contribution in [1.29, 1.82) is 0 Å². The molecule has 2 aromatic carbocycles. The molecule has 1 fully saturated rings. The van der Waals surface area contributed by atoms with Crippen LogP contribution in [-0.4, -0.2) is 39.6 Å². The van der Waals surface area contributed by atoms with Crippen LogP contribution >= 0.6 is 0 Å². The van der Waals surface area contributed by atoms with Gasteiger partial charge in [-0.15, -0.1) is 0 Å². The Labute approximate surface area is 197 Å². The van der Waals surface area contributed by atoms with Gasteiger partial charge in [0.15, 0.2) is 0 Å².